The Hall–Kier alpha value is -3.15. The molecule has 0 aromatic rings. The summed E-state index contributed by atoms with van der Waals surface area (Å²) in [6.07, 6.45) is -1.04. The van der Waals surface area contributed by atoms with E-state index in [1.807, 2.05) is 0 Å². The van der Waals surface area contributed by atoms with Gasteiger partial charge in [0.05, 0.1) is 24.9 Å². The average Bonchev–Trinajstić information content (AvgIpc) is 3.41. The van der Waals surface area contributed by atoms with Gasteiger partial charge in [-0.1, -0.05) is 6.58 Å². The number of aliphatic hydroxyl groups excluding tert-OH is 1. The van der Waals surface area contributed by atoms with Crippen LogP contribution in [0.25, 0.3) is 0 Å². The number of aliphatic hydroxyl groups is 1. The SMILES string of the molecule is C=COC(=O)[C@H]1[C@H]2[C@@H]1[C@@](NC(=O)[C@H](C)NC(=O)[C@H](C)NC(=O)OC(C)(C)C)(C(=O)OCC)C[C@@H]2O. The fourth-order valence-electron chi connectivity index (χ4n) is 4.46. The molecule has 35 heavy (non-hydrogen) atoms. The first-order valence-corrected chi connectivity index (χ1v) is 11.5. The predicted molar refractivity (Wildman–Crippen MR) is 121 cm³/mol. The van der Waals surface area contributed by atoms with Crippen molar-refractivity contribution in [2.75, 3.05) is 6.61 Å². The first-order chi connectivity index (χ1) is 16.2. The van der Waals surface area contributed by atoms with Gasteiger partial charge in [-0.05, 0) is 41.5 Å². The van der Waals surface area contributed by atoms with Crippen molar-refractivity contribution in [3.63, 3.8) is 0 Å². The normalized spacial score (nSPS) is 28.4. The molecule has 0 radical (unpaired) electrons. The smallest absolute Gasteiger partial charge is 0.408 e. The van der Waals surface area contributed by atoms with Crippen molar-refractivity contribution >= 4 is 29.8 Å². The molecule has 2 rings (SSSR count). The molecule has 0 aromatic carbocycles. The van der Waals surface area contributed by atoms with Gasteiger partial charge in [0.25, 0.3) is 0 Å². The minimum atomic E-state index is -1.67. The summed E-state index contributed by atoms with van der Waals surface area (Å²) in [7, 11) is 0. The lowest BCUT2D eigenvalue weighted by Crippen LogP contribution is -2.61. The molecule has 12 heteroatoms. The van der Waals surface area contributed by atoms with E-state index in [1.54, 1.807) is 27.7 Å². The molecule has 196 valence electrons. The van der Waals surface area contributed by atoms with Gasteiger partial charge < -0.3 is 35.3 Å². The number of hydrogen-bond acceptors (Lipinski definition) is 9. The fraction of sp³-hybridized carbons (Fsp3) is 0.696. The molecular weight excluding hydrogens is 462 g/mol. The first-order valence-electron chi connectivity index (χ1n) is 11.5. The van der Waals surface area contributed by atoms with E-state index in [0.29, 0.717) is 0 Å². The lowest BCUT2D eigenvalue weighted by Gasteiger charge is -2.32. The van der Waals surface area contributed by atoms with Crippen LogP contribution in [0.3, 0.4) is 0 Å². The summed E-state index contributed by atoms with van der Waals surface area (Å²) in [6, 6.07) is -2.14. The Kier molecular flexibility index (Phi) is 8.53. The maximum atomic E-state index is 13.0. The standard InChI is InChI=1S/C23H35N3O9/c1-8-33-19(30)15-14-13(27)10-23(16(14)15,20(31)34-9-2)26-18(29)12(4)24-17(28)11(3)25-21(32)35-22(5,6)7/h8,11-16,27H,1,9-10H2,2-7H3,(H,24,28)(H,25,32)(H,26,29)/t11-,12-,13-,14-,15-,16-,23+/m0/s1. The third-order valence-electron chi connectivity index (χ3n) is 5.96. The van der Waals surface area contributed by atoms with Crippen LogP contribution in [0.5, 0.6) is 0 Å². The minimum Gasteiger partial charge on any atom is -0.464 e. The lowest BCUT2D eigenvalue weighted by molar-refractivity contribution is -0.156. The van der Waals surface area contributed by atoms with E-state index in [1.165, 1.54) is 13.8 Å². The maximum absolute atomic E-state index is 13.0. The van der Waals surface area contributed by atoms with Crippen LogP contribution in [0.4, 0.5) is 4.79 Å². The summed E-state index contributed by atoms with van der Waals surface area (Å²) in [5.41, 5.74) is -2.42. The van der Waals surface area contributed by atoms with Gasteiger partial charge in [0, 0.05) is 18.3 Å². The number of carbonyl (C=O) groups excluding carboxylic acids is 5. The van der Waals surface area contributed by atoms with E-state index in [-0.39, 0.29) is 13.0 Å². The van der Waals surface area contributed by atoms with Crippen LogP contribution >= 0.6 is 0 Å². The Morgan fingerprint density at radius 1 is 1.11 bits per heavy atom. The maximum Gasteiger partial charge on any atom is 0.408 e. The number of nitrogens with one attached hydrogen (secondary N) is 3. The molecule has 7 atom stereocenters. The molecule has 2 aliphatic carbocycles. The number of alkyl carbamates (subject to hydrolysis) is 1. The van der Waals surface area contributed by atoms with E-state index in [4.69, 9.17) is 14.2 Å². The van der Waals surface area contributed by atoms with Crippen molar-refractivity contribution in [3.8, 4) is 0 Å². The molecule has 2 saturated carbocycles. The summed E-state index contributed by atoms with van der Waals surface area (Å²) in [5.74, 6) is -4.98. The van der Waals surface area contributed by atoms with Crippen LogP contribution in [-0.4, -0.2) is 70.9 Å². The molecule has 3 amide bonds. The second-order valence-electron chi connectivity index (χ2n) is 9.78. The van der Waals surface area contributed by atoms with Gasteiger partial charge >= 0.3 is 18.0 Å². The highest BCUT2D eigenvalue weighted by Crippen LogP contribution is 2.63. The largest absolute Gasteiger partial charge is 0.464 e. The zero-order chi connectivity index (χ0) is 26.7. The Balaban J connectivity index is 2.10. The Morgan fingerprint density at radius 2 is 1.71 bits per heavy atom. The number of carbonyl (C=O) groups is 5. The summed E-state index contributed by atoms with van der Waals surface area (Å²) >= 11 is 0. The molecule has 0 heterocycles. The summed E-state index contributed by atoms with van der Waals surface area (Å²) in [4.78, 5) is 62.6. The Bertz CT molecular complexity index is 884. The lowest BCUT2D eigenvalue weighted by atomic mass is 9.89. The molecule has 4 N–H and O–H groups in total. The number of rotatable bonds is 9. The third-order valence-corrected chi connectivity index (χ3v) is 5.96. The van der Waals surface area contributed by atoms with Crippen molar-refractivity contribution in [1.82, 2.24) is 16.0 Å². The zero-order valence-electron chi connectivity index (χ0n) is 20.9. The van der Waals surface area contributed by atoms with Crippen LogP contribution < -0.4 is 16.0 Å². The second-order valence-corrected chi connectivity index (χ2v) is 9.78. The molecular formula is C23H35N3O9. The molecule has 0 aromatic heterocycles. The van der Waals surface area contributed by atoms with Gasteiger partial charge in [0.1, 0.15) is 23.2 Å². The molecule has 0 aliphatic heterocycles. The van der Waals surface area contributed by atoms with Gasteiger partial charge in [-0.3, -0.25) is 14.4 Å². The van der Waals surface area contributed by atoms with E-state index in [9.17, 15) is 29.1 Å². The Morgan fingerprint density at radius 3 is 2.26 bits per heavy atom. The van der Waals surface area contributed by atoms with Crippen LogP contribution in [0.2, 0.25) is 0 Å². The van der Waals surface area contributed by atoms with E-state index in [0.717, 1.165) is 6.26 Å². The fourth-order valence-corrected chi connectivity index (χ4v) is 4.46. The van der Waals surface area contributed by atoms with E-state index >= 15 is 0 Å². The number of amides is 3. The summed E-state index contributed by atoms with van der Waals surface area (Å²) in [6.45, 7) is 12.8. The summed E-state index contributed by atoms with van der Waals surface area (Å²) in [5, 5.41) is 17.9. The van der Waals surface area contributed by atoms with Crippen molar-refractivity contribution in [1.29, 1.82) is 0 Å². The van der Waals surface area contributed by atoms with Gasteiger partial charge in [-0.15, -0.1) is 0 Å². The highest BCUT2D eigenvalue weighted by Gasteiger charge is 2.76. The predicted octanol–water partition coefficient (Wildman–Crippen LogP) is 0.136. The first kappa shape index (κ1) is 28.1. The van der Waals surface area contributed by atoms with Crippen LogP contribution in [0, 0.1) is 17.8 Å². The molecule has 0 spiro atoms. The van der Waals surface area contributed by atoms with Crippen molar-refractivity contribution in [2.45, 2.75) is 77.3 Å². The van der Waals surface area contributed by atoms with Crippen LogP contribution in [0.15, 0.2) is 12.8 Å². The highest BCUT2D eigenvalue weighted by atomic mass is 16.6. The molecule has 2 aliphatic rings. The topological polar surface area (TPSA) is 169 Å². The highest BCUT2D eigenvalue weighted by molar-refractivity contribution is 5.95. The van der Waals surface area contributed by atoms with E-state index < -0.39 is 76.9 Å². The zero-order valence-corrected chi connectivity index (χ0v) is 20.9. The van der Waals surface area contributed by atoms with E-state index in [2.05, 4.69) is 22.5 Å². The summed E-state index contributed by atoms with van der Waals surface area (Å²) < 4.78 is 15.1. The Labute approximate surface area is 204 Å². The molecule has 12 nitrogen and oxygen atoms in total. The molecule has 0 unspecified atom stereocenters. The number of hydrogen-bond donors (Lipinski definition) is 4. The minimum absolute atomic E-state index is 0.0197. The van der Waals surface area contributed by atoms with Crippen molar-refractivity contribution < 1.29 is 43.3 Å². The average molecular weight is 498 g/mol. The van der Waals surface area contributed by atoms with Gasteiger partial charge in [-0.2, -0.15) is 0 Å². The van der Waals surface area contributed by atoms with Crippen molar-refractivity contribution in [3.05, 3.63) is 12.8 Å². The third kappa shape index (κ3) is 6.30. The van der Waals surface area contributed by atoms with Crippen LogP contribution in [0.1, 0.15) is 48.0 Å². The number of fused-ring (bicyclic) bond motifs is 1. The monoisotopic (exact) mass is 497 g/mol. The molecule has 0 bridgehead atoms. The van der Waals surface area contributed by atoms with Gasteiger partial charge in [0.15, 0.2) is 0 Å². The quantitative estimate of drug-likeness (QED) is 0.196. The number of ether oxygens (including phenoxy) is 3. The van der Waals surface area contributed by atoms with Gasteiger partial charge in [0.2, 0.25) is 11.8 Å². The molecule has 2 fully saturated rings. The second kappa shape index (κ2) is 10.6. The van der Waals surface area contributed by atoms with Crippen molar-refractivity contribution in [2.24, 2.45) is 17.8 Å². The molecule has 0 saturated heterocycles. The number of esters is 2. The van der Waals surface area contributed by atoms with Gasteiger partial charge in [-0.25, -0.2) is 9.59 Å². The van der Waals surface area contributed by atoms with Crippen LogP contribution in [-0.2, 0) is 33.4 Å².